The van der Waals surface area contributed by atoms with E-state index in [0.717, 1.165) is 44.4 Å². The maximum absolute atomic E-state index is 14.0. The molecule has 0 bridgehead atoms. The van der Waals surface area contributed by atoms with E-state index in [1.54, 1.807) is 4.90 Å². The molecule has 0 saturated carbocycles. The number of carbonyl (C=O) groups excluding carboxylic acids is 2. The number of para-hydroxylation sites is 1. The van der Waals surface area contributed by atoms with Crippen LogP contribution in [0.5, 0.6) is 0 Å². The van der Waals surface area contributed by atoms with Crippen LogP contribution in [0.1, 0.15) is 49.2 Å². The summed E-state index contributed by atoms with van der Waals surface area (Å²) >= 11 is 0. The second-order valence-electron chi connectivity index (χ2n) is 12.1. The molecule has 6 rings (SSSR count). The number of carbonyl (C=O) groups is 2. The molecule has 2 amide bonds. The van der Waals surface area contributed by atoms with E-state index in [4.69, 9.17) is 4.74 Å². The Kier molecular flexibility index (Phi) is 7.76. The molecule has 2 heterocycles. The number of H-pyrrole nitrogens is 1. The largest absolute Gasteiger partial charge is 0.444 e. The van der Waals surface area contributed by atoms with Gasteiger partial charge < -0.3 is 15.0 Å². The van der Waals surface area contributed by atoms with Gasteiger partial charge in [0.1, 0.15) is 17.7 Å². The summed E-state index contributed by atoms with van der Waals surface area (Å²) in [5.41, 5.74) is 6.45. The summed E-state index contributed by atoms with van der Waals surface area (Å²) < 4.78 is 5.96. The van der Waals surface area contributed by atoms with E-state index in [1.807, 2.05) is 87.5 Å². The highest BCUT2D eigenvalue weighted by Gasteiger charge is 2.45. The topological polar surface area (TPSA) is 74.4 Å². The Balaban J connectivity index is 1.41. The quantitative estimate of drug-likeness (QED) is 0.222. The van der Waals surface area contributed by atoms with Crippen LogP contribution < -0.4 is 5.32 Å². The fraction of sp³-hybridized carbons (Fsp3) is 0.243. The van der Waals surface area contributed by atoms with Crippen LogP contribution in [-0.2, 0) is 22.4 Å². The lowest BCUT2D eigenvalue weighted by Crippen LogP contribution is -2.56. The van der Waals surface area contributed by atoms with Crippen LogP contribution in [0.3, 0.4) is 0 Å². The Bertz CT molecular complexity index is 1720. The third-order valence-corrected chi connectivity index (χ3v) is 7.93. The lowest BCUT2D eigenvalue weighted by Gasteiger charge is -2.41. The van der Waals surface area contributed by atoms with Crippen LogP contribution in [0.4, 0.5) is 4.79 Å². The molecule has 4 aromatic carbocycles. The van der Waals surface area contributed by atoms with E-state index in [-0.39, 0.29) is 5.91 Å². The third-order valence-electron chi connectivity index (χ3n) is 7.93. The van der Waals surface area contributed by atoms with Crippen molar-refractivity contribution in [1.82, 2.24) is 15.2 Å². The van der Waals surface area contributed by atoms with Crippen molar-refractivity contribution in [1.29, 1.82) is 0 Å². The maximum Gasteiger partial charge on any atom is 0.411 e. The number of benzene rings is 4. The van der Waals surface area contributed by atoms with Gasteiger partial charge in [0.2, 0.25) is 5.91 Å². The highest BCUT2D eigenvalue weighted by molar-refractivity contribution is 5.91. The molecule has 1 aliphatic heterocycles. The smallest absolute Gasteiger partial charge is 0.411 e. The molecular weight excluding hydrogens is 534 g/mol. The van der Waals surface area contributed by atoms with Gasteiger partial charge in [0, 0.05) is 29.6 Å². The summed E-state index contributed by atoms with van der Waals surface area (Å²) in [4.78, 5) is 33.3. The molecule has 0 spiro atoms. The van der Waals surface area contributed by atoms with Crippen LogP contribution >= 0.6 is 0 Å². The Labute approximate surface area is 252 Å². The highest BCUT2D eigenvalue weighted by Crippen LogP contribution is 2.42. The normalized spacial score (nSPS) is 16.5. The molecule has 2 atom stereocenters. The number of aromatic amines is 1. The van der Waals surface area contributed by atoms with Crippen molar-refractivity contribution in [3.8, 4) is 11.1 Å². The molecule has 43 heavy (non-hydrogen) atoms. The Hall–Kier alpha value is -4.84. The van der Waals surface area contributed by atoms with Crippen molar-refractivity contribution in [3.05, 3.63) is 132 Å². The number of nitrogens with one attached hydrogen (secondary N) is 2. The number of rotatable bonds is 6. The molecule has 1 aromatic heterocycles. The summed E-state index contributed by atoms with van der Waals surface area (Å²) in [7, 11) is 0. The van der Waals surface area contributed by atoms with Crippen molar-refractivity contribution in [3.63, 3.8) is 0 Å². The van der Waals surface area contributed by atoms with Gasteiger partial charge >= 0.3 is 6.09 Å². The van der Waals surface area contributed by atoms with Crippen LogP contribution in [0.2, 0.25) is 0 Å². The Morgan fingerprint density at radius 3 is 2.16 bits per heavy atom. The van der Waals surface area contributed by atoms with E-state index >= 15 is 0 Å². The summed E-state index contributed by atoms with van der Waals surface area (Å²) in [5, 5.41) is 4.19. The lowest BCUT2D eigenvalue weighted by atomic mass is 9.87. The van der Waals surface area contributed by atoms with Gasteiger partial charge in [0.05, 0.1) is 0 Å². The minimum absolute atomic E-state index is 0.191. The number of ether oxygens (including phenoxy) is 1. The fourth-order valence-electron chi connectivity index (χ4n) is 5.96. The molecule has 6 heteroatoms. The van der Waals surface area contributed by atoms with Crippen molar-refractivity contribution in [2.75, 3.05) is 6.54 Å². The highest BCUT2D eigenvalue weighted by atomic mass is 16.6. The number of nitrogens with zero attached hydrogens (tertiary/aromatic N) is 1. The first-order valence-electron chi connectivity index (χ1n) is 14.9. The molecule has 218 valence electrons. The van der Waals surface area contributed by atoms with Crippen LogP contribution in [0.25, 0.3) is 22.0 Å². The van der Waals surface area contributed by atoms with Gasteiger partial charge in [-0.25, -0.2) is 4.79 Å². The van der Waals surface area contributed by atoms with Crippen molar-refractivity contribution >= 4 is 22.9 Å². The van der Waals surface area contributed by atoms with Gasteiger partial charge in [-0.05, 0) is 61.1 Å². The molecule has 0 fully saturated rings. The molecule has 0 unspecified atom stereocenters. The predicted molar refractivity (Wildman–Crippen MR) is 171 cm³/mol. The van der Waals surface area contributed by atoms with Gasteiger partial charge in [-0.2, -0.15) is 0 Å². The number of hydrogen-bond acceptors (Lipinski definition) is 3. The first kappa shape index (κ1) is 28.3. The van der Waals surface area contributed by atoms with E-state index in [9.17, 15) is 9.59 Å². The van der Waals surface area contributed by atoms with Crippen molar-refractivity contribution in [2.45, 2.75) is 51.3 Å². The molecule has 5 aromatic rings. The molecule has 0 radical (unpaired) electrons. The van der Waals surface area contributed by atoms with Gasteiger partial charge in [-0.15, -0.1) is 0 Å². The average Bonchev–Trinajstić information content (AvgIpc) is 3.39. The number of aromatic nitrogens is 1. The first-order valence-corrected chi connectivity index (χ1v) is 14.9. The zero-order valence-corrected chi connectivity index (χ0v) is 24.8. The van der Waals surface area contributed by atoms with E-state index in [1.165, 1.54) is 0 Å². The number of amides is 2. The molecule has 0 saturated heterocycles. The van der Waals surface area contributed by atoms with Gasteiger partial charge in [-0.1, -0.05) is 103 Å². The SMILES string of the molecule is CC(C)(C)OC(=O)N1[C@@H](c2ccc(-c3ccccc3)cc2)c2[nH]c3ccccc3c2C[C@@H]1C(=O)NCCc1ccccc1. The summed E-state index contributed by atoms with van der Waals surface area (Å²) in [5.74, 6) is -0.191. The summed E-state index contributed by atoms with van der Waals surface area (Å²) in [6, 6.07) is 35.3. The first-order chi connectivity index (χ1) is 20.8. The molecule has 2 N–H and O–H groups in total. The number of fused-ring (bicyclic) bond motifs is 3. The molecule has 0 aliphatic carbocycles. The van der Waals surface area contributed by atoms with Gasteiger partial charge in [0.15, 0.2) is 0 Å². The number of hydrogen-bond donors (Lipinski definition) is 2. The van der Waals surface area contributed by atoms with Crippen molar-refractivity contribution < 1.29 is 14.3 Å². The van der Waals surface area contributed by atoms with Gasteiger partial charge in [0.25, 0.3) is 0 Å². The molecule has 6 nitrogen and oxygen atoms in total. The Morgan fingerprint density at radius 1 is 0.837 bits per heavy atom. The van der Waals surface area contributed by atoms with Gasteiger partial charge in [-0.3, -0.25) is 9.69 Å². The monoisotopic (exact) mass is 571 g/mol. The zero-order chi connectivity index (χ0) is 30.0. The summed E-state index contributed by atoms with van der Waals surface area (Å²) in [6.45, 7) is 6.02. The minimum Gasteiger partial charge on any atom is -0.444 e. The van der Waals surface area contributed by atoms with E-state index in [0.29, 0.717) is 19.4 Å². The minimum atomic E-state index is -0.754. The summed E-state index contributed by atoms with van der Waals surface area (Å²) in [6.07, 6.45) is 0.570. The molecular formula is C37H37N3O3. The van der Waals surface area contributed by atoms with Crippen LogP contribution in [-0.4, -0.2) is 40.1 Å². The van der Waals surface area contributed by atoms with E-state index in [2.05, 4.69) is 52.8 Å². The van der Waals surface area contributed by atoms with E-state index < -0.39 is 23.8 Å². The Morgan fingerprint density at radius 2 is 1.47 bits per heavy atom. The maximum atomic E-state index is 14.0. The second-order valence-corrected chi connectivity index (χ2v) is 12.1. The zero-order valence-electron chi connectivity index (χ0n) is 24.8. The lowest BCUT2D eigenvalue weighted by molar-refractivity contribution is -0.127. The third kappa shape index (κ3) is 6.05. The second kappa shape index (κ2) is 11.8. The standard InChI is InChI=1S/C37H37N3O3/c1-37(2,3)43-36(42)40-32(35(41)38-23-22-25-12-6-4-7-13-25)24-30-29-16-10-11-17-31(29)39-33(30)34(40)28-20-18-27(19-21-28)26-14-8-5-9-15-26/h4-21,32,34,39H,22-24H2,1-3H3,(H,38,41)/t32-,34+/m1/s1. The molecule has 1 aliphatic rings. The average molecular weight is 572 g/mol. The predicted octanol–water partition coefficient (Wildman–Crippen LogP) is 7.45. The van der Waals surface area contributed by atoms with Crippen LogP contribution in [0.15, 0.2) is 109 Å². The fourth-order valence-corrected chi connectivity index (χ4v) is 5.96. The van der Waals surface area contributed by atoms with Crippen LogP contribution in [0, 0.1) is 0 Å². The van der Waals surface area contributed by atoms with Crippen molar-refractivity contribution in [2.24, 2.45) is 0 Å².